The Labute approximate surface area is 157 Å². The SMILES string of the molecule is O=C1OC2(CCC(OC(F)C(F)F)CC2)C(=O)C1c1ccc(Cl)cc1Cl. The fourth-order valence-electron chi connectivity index (χ4n) is 3.46. The monoisotopic (exact) mass is 410 g/mol. The average molecular weight is 411 g/mol. The molecule has 0 amide bonds. The second-order valence-electron chi connectivity index (χ2n) is 6.40. The van der Waals surface area contributed by atoms with Crippen molar-refractivity contribution in [2.75, 3.05) is 0 Å². The summed E-state index contributed by atoms with van der Waals surface area (Å²) in [6.45, 7) is 0. The number of carbonyl (C=O) groups is 2. The maximum absolute atomic E-state index is 13.0. The predicted molar refractivity (Wildman–Crippen MR) is 87.3 cm³/mol. The first kappa shape index (κ1) is 19.5. The van der Waals surface area contributed by atoms with Crippen LogP contribution < -0.4 is 0 Å². The molecule has 1 heterocycles. The average Bonchev–Trinajstić information content (AvgIpc) is 2.81. The normalized spacial score (nSPS) is 30.1. The van der Waals surface area contributed by atoms with Gasteiger partial charge in [-0.2, -0.15) is 0 Å². The van der Waals surface area contributed by atoms with Crippen molar-refractivity contribution >= 4 is 35.0 Å². The van der Waals surface area contributed by atoms with Gasteiger partial charge in [0.2, 0.25) is 0 Å². The van der Waals surface area contributed by atoms with E-state index in [0.717, 1.165) is 0 Å². The summed E-state index contributed by atoms with van der Waals surface area (Å²) in [7, 11) is 0. The Kier molecular flexibility index (Phi) is 5.51. The number of carbonyl (C=O) groups excluding carboxylic acids is 2. The lowest BCUT2D eigenvalue weighted by Crippen LogP contribution is -2.43. The summed E-state index contributed by atoms with van der Waals surface area (Å²) < 4.78 is 47.6. The van der Waals surface area contributed by atoms with E-state index in [9.17, 15) is 22.8 Å². The Morgan fingerprint density at radius 1 is 1.15 bits per heavy atom. The Morgan fingerprint density at radius 2 is 1.81 bits per heavy atom. The Balaban J connectivity index is 1.73. The molecule has 142 valence electrons. The van der Waals surface area contributed by atoms with Crippen molar-refractivity contribution in [3.8, 4) is 0 Å². The lowest BCUT2D eigenvalue weighted by atomic mass is 9.77. The fraction of sp³-hybridized carbons (Fsp3) is 0.529. The topological polar surface area (TPSA) is 52.6 Å². The molecule has 0 N–H and O–H groups in total. The number of alkyl halides is 3. The zero-order chi connectivity index (χ0) is 19.1. The van der Waals surface area contributed by atoms with E-state index in [4.69, 9.17) is 27.9 Å². The van der Waals surface area contributed by atoms with Gasteiger partial charge in [-0.1, -0.05) is 29.3 Å². The van der Waals surface area contributed by atoms with Crippen LogP contribution in [-0.4, -0.2) is 36.2 Å². The van der Waals surface area contributed by atoms with Crippen molar-refractivity contribution in [1.82, 2.24) is 0 Å². The number of ether oxygens (including phenoxy) is 2. The van der Waals surface area contributed by atoms with Crippen LogP contribution in [0.4, 0.5) is 13.2 Å². The second-order valence-corrected chi connectivity index (χ2v) is 7.24. The van der Waals surface area contributed by atoms with E-state index in [-0.39, 0.29) is 30.7 Å². The molecule has 3 rings (SSSR count). The van der Waals surface area contributed by atoms with Crippen molar-refractivity contribution in [3.05, 3.63) is 33.8 Å². The van der Waals surface area contributed by atoms with Gasteiger partial charge < -0.3 is 9.47 Å². The molecular formula is C17H15Cl2F3O4. The quantitative estimate of drug-likeness (QED) is 0.542. The summed E-state index contributed by atoms with van der Waals surface area (Å²) in [4.78, 5) is 25.2. The summed E-state index contributed by atoms with van der Waals surface area (Å²) in [5.74, 6) is -2.31. The van der Waals surface area contributed by atoms with E-state index in [1.54, 1.807) is 0 Å². The van der Waals surface area contributed by atoms with Crippen LogP contribution in [0.5, 0.6) is 0 Å². The number of rotatable bonds is 4. The highest BCUT2D eigenvalue weighted by atomic mass is 35.5. The molecule has 26 heavy (non-hydrogen) atoms. The highest BCUT2D eigenvalue weighted by Crippen LogP contribution is 2.45. The van der Waals surface area contributed by atoms with Crippen molar-refractivity contribution < 1.29 is 32.2 Å². The molecule has 0 bridgehead atoms. The van der Waals surface area contributed by atoms with Crippen LogP contribution in [0, 0.1) is 0 Å². The van der Waals surface area contributed by atoms with E-state index in [0.29, 0.717) is 10.6 Å². The van der Waals surface area contributed by atoms with Gasteiger partial charge in [0.05, 0.1) is 6.10 Å². The Bertz CT molecular complexity index is 720. The van der Waals surface area contributed by atoms with Crippen LogP contribution in [0.15, 0.2) is 18.2 Å². The number of esters is 1. The Hall–Kier alpha value is -1.31. The number of hydrogen-bond donors (Lipinski definition) is 0. The molecule has 1 saturated heterocycles. The maximum atomic E-state index is 13.0. The largest absolute Gasteiger partial charge is 0.450 e. The highest BCUT2D eigenvalue weighted by Gasteiger charge is 2.57. The number of Topliss-reactive ketones (excluding diaryl/α,β-unsaturated/α-hetero) is 1. The van der Waals surface area contributed by atoms with Crippen molar-refractivity contribution in [3.63, 3.8) is 0 Å². The zero-order valence-corrected chi connectivity index (χ0v) is 14.9. The summed E-state index contributed by atoms with van der Waals surface area (Å²) >= 11 is 11.9. The molecule has 2 fully saturated rings. The fourth-order valence-corrected chi connectivity index (χ4v) is 3.98. The van der Waals surface area contributed by atoms with Crippen LogP contribution in [-0.2, 0) is 19.1 Å². The summed E-state index contributed by atoms with van der Waals surface area (Å²) in [6.07, 6.45) is -6.22. The molecule has 1 aliphatic heterocycles. The molecule has 0 aromatic heterocycles. The van der Waals surface area contributed by atoms with E-state index in [1.165, 1.54) is 18.2 Å². The molecule has 4 nitrogen and oxygen atoms in total. The van der Waals surface area contributed by atoms with E-state index in [1.807, 2.05) is 0 Å². The molecule has 1 saturated carbocycles. The number of benzene rings is 1. The lowest BCUT2D eigenvalue weighted by molar-refractivity contribution is -0.180. The van der Waals surface area contributed by atoms with Crippen LogP contribution in [0.2, 0.25) is 10.0 Å². The third-order valence-electron chi connectivity index (χ3n) is 4.78. The van der Waals surface area contributed by atoms with Gasteiger partial charge in [0, 0.05) is 10.0 Å². The molecule has 2 unspecified atom stereocenters. The molecule has 9 heteroatoms. The smallest absolute Gasteiger partial charge is 0.322 e. The van der Waals surface area contributed by atoms with Gasteiger partial charge in [-0.3, -0.25) is 9.59 Å². The van der Waals surface area contributed by atoms with E-state index >= 15 is 0 Å². The second kappa shape index (κ2) is 7.37. The summed E-state index contributed by atoms with van der Waals surface area (Å²) in [5, 5.41) is 0.545. The Morgan fingerprint density at radius 3 is 2.38 bits per heavy atom. The number of ketones is 1. The first-order chi connectivity index (χ1) is 12.2. The van der Waals surface area contributed by atoms with Crippen molar-refractivity contribution in [1.29, 1.82) is 0 Å². The first-order valence-corrected chi connectivity index (χ1v) is 8.79. The van der Waals surface area contributed by atoms with Crippen LogP contribution >= 0.6 is 23.2 Å². The summed E-state index contributed by atoms with van der Waals surface area (Å²) in [5.41, 5.74) is -1.04. The molecule has 1 aromatic rings. The minimum atomic E-state index is -3.23. The van der Waals surface area contributed by atoms with Gasteiger partial charge >= 0.3 is 5.97 Å². The molecule has 2 aliphatic rings. The highest BCUT2D eigenvalue weighted by molar-refractivity contribution is 6.35. The van der Waals surface area contributed by atoms with Gasteiger partial charge in [0.1, 0.15) is 5.92 Å². The molecular weight excluding hydrogens is 396 g/mol. The van der Waals surface area contributed by atoms with Crippen molar-refractivity contribution in [2.45, 2.75) is 56.1 Å². The zero-order valence-electron chi connectivity index (χ0n) is 13.4. The molecule has 1 spiro atoms. The lowest BCUT2D eigenvalue weighted by Gasteiger charge is -2.34. The van der Waals surface area contributed by atoms with E-state index in [2.05, 4.69) is 4.74 Å². The maximum Gasteiger partial charge on any atom is 0.322 e. The van der Waals surface area contributed by atoms with Gasteiger partial charge in [-0.15, -0.1) is 0 Å². The van der Waals surface area contributed by atoms with Gasteiger partial charge in [-0.25, -0.2) is 13.2 Å². The molecule has 1 aliphatic carbocycles. The number of hydrogen-bond acceptors (Lipinski definition) is 4. The van der Waals surface area contributed by atoms with Crippen molar-refractivity contribution in [2.24, 2.45) is 0 Å². The third kappa shape index (κ3) is 3.57. The molecule has 1 aromatic carbocycles. The minimum absolute atomic E-state index is 0.0832. The van der Waals surface area contributed by atoms with Crippen LogP contribution in [0.25, 0.3) is 0 Å². The summed E-state index contributed by atoms with van der Waals surface area (Å²) in [6, 6.07) is 4.45. The third-order valence-corrected chi connectivity index (χ3v) is 5.34. The van der Waals surface area contributed by atoms with E-state index < -0.39 is 42.2 Å². The predicted octanol–water partition coefficient (Wildman–Crippen LogP) is 4.46. The first-order valence-electron chi connectivity index (χ1n) is 8.03. The van der Waals surface area contributed by atoms with Crippen LogP contribution in [0.1, 0.15) is 37.2 Å². The van der Waals surface area contributed by atoms with Gasteiger partial charge in [0.25, 0.3) is 12.8 Å². The standard InChI is InChI=1S/C17H15Cl2F3O4/c18-8-1-2-10(11(19)7-8)12-13(23)17(26-16(12)24)5-3-9(4-6-17)25-15(22)14(20)21/h1-2,7,9,12,14-15H,3-6H2. The van der Waals surface area contributed by atoms with Gasteiger partial charge in [-0.05, 0) is 43.4 Å². The van der Waals surface area contributed by atoms with Crippen LogP contribution in [0.3, 0.4) is 0 Å². The molecule has 2 atom stereocenters. The number of halogens is 5. The molecule has 0 radical (unpaired) electrons. The van der Waals surface area contributed by atoms with Gasteiger partial charge in [0.15, 0.2) is 11.4 Å². The minimum Gasteiger partial charge on any atom is -0.450 e.